The summed E-state index contributed by atoms with van der Waals surface area (Å²) >= 11 is 0. The highest BCUT2D eigenvalue weighted by molar-refractivity contribution is 5.72. The minimum atomic E-state index is -0.0215. The van der Waals surface area contributed by atoms with Crippen molar-refractivity contribution in [3.8, 4) is 0 Å². The molecule has 104 valence electrons. The van der Waals surface area contributed by atoms with Crippen LogP contribution in [0.4, 0.5) is 0 Å². The molecule has 0 saturated carbocycles. The molecule has 0 aromatic carbocycles. The molecule has 0 bridgehead atoms. The maximum atomic E-state index is 11.8. The van der Waals surface area contributed by atoms with Crippen LogP contribution in [0.3, 0.4) is 0 Å². The van der Waals surface area contributed by atoms with Crippen molar-refractivity contribution < 1.29 is 14.3 Å². The highest BCUT2D eigenvalue weighted by atomic mass is 16.5. The topological polar surface area (TPSA) is 38.8 Å². The summed E-state index contributed by atoms with van der Waals surface area (Å²) in [6.07, 6.45) is 6.08. The lowest BCUT2D eigenvalue weighted by Crippen LogP contribution is -2.44. The van der Waals surface area contributed by atoms with Crippen LogP contribution in [0.25, 0.3) is 0 Å². The number of hydrogen-bond acceptors (Lipinski definition) is 4. The summed E-state index contributed by atoms with van der Waals surface area (Å²) in [6.45, 7) is 6.18. The van der Waals surface area contributed by atoms with Gasteiger partial charge in [-0.2, -0.15) is 0 Å². The van der Waals surface area contributed by atoms with Crippen molar-refractivity contribution in [2.45, 2.75) is 45.1 Å². The molecule has 2 rings (SSSR count). The first-order valence-corrected chi connectivity index (χ1v) is 7.30. The smallest absolute Gasteiger partial charge is 0.310 e. The number of esters is 1. The van der Waals surface area contributed by atoms with Crippen LogP contribution in [0.5, 0.6) is 0 Å². The summed E-state index contributed by atoms with van der Waals surface area (Å²) in [5, 5.41) is 0. The zero-order valence-corrected chi connectivity index (χ0v) is 11.4. The fraction of sp³-hybridized carbons (Fsp3) is 0.929. The van der Waals surface area contributed by atoms with Crippen molar-refractivity contribution in [1.82, 2.24) is 4.90 Å². The molecule has 4 heteroatoms. The van der Waals surface area contributed by atoms with Gasteiger partial charge in [0.25, 0.3) is 0 Å². The molecule has 2 aliphatic heterocycles. The van der Waals surface area contributed by atoms with Crippen LogP contribution in [0.1, 0.15) is 39.0 Å². The van der Waals surface area contributed by atoms with Gasteiger partial charge in [0.15, 0.2) is 0 Å². The van der Waals surface area contributed by atoms with E-state index in [0.717, 1.165) is 39.1 Å². The van der Waals surface area contributed by atoms with Gasteiger partial charge in [0.2, 0.25) is 0 Å². The minimum Gasteiger partial charge on any atom is -0.466 e. The molecule has 0 aliphatic carbocycles. The van der Waals surface area contributed by atoms with Crippen molar-refractivity contribution in [2.75, 3.05) is 32.8 Å². The van der Waals surface area contributed by atoms with E-state index < -0.39 is 0 Å². The summed E-state index contributed by atoms with van der Waals surface area (Å²) in [5.74, 6) is 0.0500. The monoisotopic (exact) mass is 255 g/mol. The maximum Gasteiger partial charge on any atom is 0.310 e. The van der Waals surface area contributed by atoms with Gasteiger partial charge in [0.1, 0.15) is 0 Å². The molecule has 1 unspecified atom stereocenters. The number of carbonyl (C=O) groups is 1. The predicted octanol–water partition coefficient (Wildman–Crippen LogP) is 1.83. The first-order valence-electron chi connectivity index (χ1n) is 7.30. The van der Waals surface area contributed by atoms with Gasteiger partial charge in [-0.05, 0) is 45.6 Å². The van der Waals surface area contributed by atoms with E-state index in [1.54, 1.807) is 0 Å². The first kappa shape index (κ1) is 13.8. The molecule has 4 nitrogen and oxygen atoms in total. The van der Waals surface area contributed by atoms with Crippen molar-refractivity contribution in [2.24, 2.45) is 5.92 Å². The third-order valence-corrected chi connectivity index (χ3v) is 3.86. The molecule has 0 aromatic rings. The van der Waals surface area contributed by atoms with Gasteiger partial charge in [-0.25, -0.2) is 0 Å². The largest absolute Gasteiger partial charge is 0.466 e. The number of hydrogen-bond donors (Lipinski definition) is 0. The molecule has 2 saturated heterocycles. The average molecular weight is 255 g/mol. The van der Waals surface area contributed by atoms with E-state index >= 15 is 0 Å². The summed E-state index contributed by atoms with van der Waals surface area (Å²) in [7, 11) is 0. The van der Waals surface area contributed by atoms with E-state index in [4.69, 9.17) is 9.47 Å². The fourth-order valence-electron chi connectivity index (χ4n) is 2.91. The lowest BCUT2D eigenvalue weighted by Gasteiger charge is -2.35. The molecular weight excluding hydrogens is 230 g/mol. The van der Waals surface area contributed by atoms with Crippen LogP contribution in [-0.4, -0.2) is 49.8 Å². The van der Waals surface area contributed by atoms with Crippen LogP contribution in [0.15, 0.2) is 0 Å². The lowest BCUT2D eigenvalue weighted by molar-refractivity contribution is -0.150. The second-order valence-electron chi connectivity index (χ2n) is 5.34. The number of carbonyl (C=O) groups excluding carboxylic acids is 1. The van der Waals surface area contributed by atoms with Crippen LogP contribution in [0, 0.1) is 5.92 Å². The number of likely N-dealkylation sites (tertiary alicyclic amines) is 1. The molecule has 2 atom stereocenters. The Kier molecular flexibility index (Phi) is 5.45. The molecule has 2 fully saturated rings. The minimum absolute atomic E-state index is 0.0215. The Labute approximate surface area is 110 Å². The Hall–Kier alpha value is -0.610. The molecule has 0 amide bonds. The van der Waals surface area contributed by atoms with E-state index in [-0.39, 0.29) is 11.9 Å². The Balaban J connectivity index is 1.77. The SMILES string of the molecule is CCOC(=O)[C@@H]1CCCN(CC2CCCCO2)C1. The summed E-state index contributed by atoms with van der Waals surface area (Å²) in [5.41, 5.74) is 0. The number of ether oxygens (including phenoxy) is 2. The molecule has 2 aliphatic rings. The Morgan fingerprint density at radius 3 is 2.94 bits per heavy atom. The average Bonchev–Trinajstić information content (AvgIpc) is 2.40. The molecular formula is C14H25NO3. The fourth-order valence-corrected chi connectivity index (χ4v) is 2.91. The Bertz CT molecular complexity index is 264. The van der Waals surface area contributed by atoms with E-state index in [1.165, 1.54) is 19.3 Å². The van der Waals surface area contributed by atoms with Gasteiger partial charge in [-0.15, -0.1) is 0 Å². The van der Waals surface area contributed by atoms with Crippen molar-refractivity contribution in [3.63, 3.8) is 0 Å². The standard InChI is InChI=1S/C14H25NO3/c1-2-17-14(16)12-6-5-8-15(10-12)11-13-7-3-4-9-18-13/h12-13H,2-11H2,1H3/t12-,13?/m1/s1. The highest BCUT2D eigenvalue weighted by Gasteiger charge is 2.28. The van der Waals surface area contributed by atoms with Crippen molar-refractivity contribution in [3.05, 3.63) is 0 Å². The van der Waals surface area contributed by atoms with E-state index in [0.29, 0.717) is 12.7 Å². The maximum absolute atomic E-state index is 11.8. The summed E-state index contributed by atoms with van der Waals surface area (Å²) in [6, 6.07) is 0. The van der Waals surface area contributed by atoms with E-state index in [1.807, 2.05) is 6.92 Å². The number of rotatable bonds is 4. The Morgan fingerprint density at radius 1 is 1.33 bits per heavy atom. The van der Waals surface area contributed by atoms with Gasteiger partial charge in [0.05, 0.1) is 18.6 Å². The first-order chi connectivity index (χ1) is 8.79. The van der Waals surface area contributed by atoms with Crippen molar-refractivity contribution in [1.29, 1.82) is 0 Å². The molecule has 0 spiro atoms. The van der Waals surface area contributed by atoms with Gasteiger partial charge in [-0.3, -0.25) is 9.69 Å². The lowest BCUT2D eigenvalue weighted by atomic mass is 9.97. The second-order valence-corrected chi connectivity index (χ2v) is 5.34. The normalized spacial score (nSPS) is 30.1. The van der Waals surface area contributed by atoms with E-state index in [9.17, 15) is 4.79 Å². The van der Waals surface area contributed by atoms with Crippen LogP contribution in [0.2, 0.25) is 0 Å². The van der Waals surface area contributed by atoms with Gasteiger partial charge in [0, 0.05) is 19.7 Å². The van der Waals surface area contributed by atoms with Crippen molar-refractivity contribution >= 4 is 5.97 Å². The molecule has 2 heterocycles. The summed E-state index contributed by atoms with van der Waals surface area (Å²) < 4.78 is 10.9. The second kappa shape index (κ2) is 7.10. The quantitative estimate of drug-likeness (QED) is 0.718. The highest BCUT2D eigenvalue weighted by Crippen LogP contribution is 2.20. The predicted molar refractivity (Wildman–Crippen MR) is 69.4 cm³/mol. The zero-order valence-electron chi connectivity index (χ0n) is 11.4. The van der Waals surface area contributed by atoms with Gasteiger partial charge >= 0.3 is 5.97 Å². The number of nitrogens with zero attached hydrogens (tertiary/aromatic N) is 1. The molecule has 18 heavy (non-hydrogen) atoms. The van der Waals surface area contributed by atoms with Crippen LogP contribution < -0.4 is 0 Å². The zero-order chi connectivity index (χ0) is 12.8. The Morgan fingerprint density at radius 2 is 2.22 bits per heavy atom. The van der Waals surface area contributed by atoms with Gasteiger partial charge < -0.3 is 9.47 Å². The van der Waals surface area contributed by atoms with Crippen LogP contribution >= 0.6 is 0 Å². The third kappa shape index (κ3) is 3.95. The number of piperidine rings is 1. The summed E-state index contributed by atoms with van der Waals surface area (Å²) in [4.78, 5) is 14.1. The molecule has 0 aromatic heterocycles. The van der Waals surface area contributed by atoms with Gasteiger partial charge in [-0.1, -0.05) is 0 Å². The van der Waals surface area contributed by atoms with Crippen LogP contribution in [-0.2, 0) is 14.3 Å². The molecule has 0 radical (unpaired) electrons. The third-order valence-electron chi connectivity index (χ3n) is 3.86. The van der Waals surface area contributed by atoms with E-state index in [2.05, 4.69) is 4.90 Å². The molecule has 0 N–H and O–H groups in total.